The molecule has 0 aliphatic carbocycles. The van der Waals surface area contributed by atoms with E-state index in [0.29, 0.717) is 12.2 Å². The normalized spacial score (nSPS) is 17.8. The summed E-state index contributed by atoms with van der Waals surface area (Å²) in [5.41, 5.74) is 4.90. The lowest BCUT2D eigenvalue weighted by atomic mass is 9.98. The summed E-state index contributed by atoms with van der Waals surface area (Å²) in [6.45, 7) is -0.482. The maximum atomic E-state index is 13.0. The van der Waals surface area contributed by atoms with Gasteiger partial charge in [-0.15, -0.1) is 0 Å². The minimum atomic E-state index is -0.731. The van der Waals surface area contributed by atoms with Gasteiger partial charge in [-0.05, 0) is 23.3 Å². The zero-order valence-electron chi connectivity index (χ0n) is 17.5. The van der Waals surface area contributed by atoms with Crippen LogP contribution >= 0.6 is 0 Å². The van der Waals surface area contributed by atoms with E-state index in [0.717, 1.165) is 16.8 Å². The Morgan fingerprint density at radius 3 is 2.50 bits per heavy atom. The van der Waals surface area contributed by atoms with E-state index < -0.39 is 18.5 Å². The van der Waals surface area contributed by atoms with Crippen molar-refractivity contribution in [3.8, 4) is 5.75 Å². The van der Waals surface area contributed by atoms with Crippen molar-refractivity contribution < 1.29 is 23.9 Å². The minimum absolute atomic E-state index is 0.0824. The molecule has 2 aliphatic heterocycles. The molecular formula is C23H22N4O5. The third-order valence-corrected chi connectivity index (χ3v) is 5.24. The van der Waals surface area contributed by atoms with Crippen molar-refractivity contribution in [3.05, 3.63) is 65.7 Å². The minimum Gasteiger partial charge on any atom is -0.497 e. The number of carbonyl (C=O) groups excluding carboxylic acids is 3. The molecule has 32 heavy (non-hydrogen) atoms. The Kier molecular flexibility index (Phi) is 6.25. The fraction of sp³-hybridized carbons (Fsp3) is 0.261. The summed E-state index contributed by atoms with van der Waals surface area (Å²) in [5.74, 6) is -0.737. The van der Waals surface area contributed by atoms with E-state index >= 15 is 0 Å². The van der Waals surface area contributed by atoms with Gasteiger partial charge in [-0.3, -0.25) is 9.59 Å². The molecule has 2 aromatic rings. The van der Waals surface area contributed by atoms with Crippen LogP contribution < -0.4 is 10.2 Å². The molecule has 1 unspecified atom stereocenters. The first-order chi connectivity index (χ1) is 15.5. The molecule has 0 spiro atoms. The second-order valence-electron chi connectivity index (χ2n) is 7.31. The number of nitrogens with one attached hydrogen (secondary N) is 1. The number of hydrogen-bond donors (Lipinski definition) is 1. The van der Waals surface area contributed by atoms with Crippen molar-refractivity contribution in [1.29, 1.82) is 0 Å². The molecule has 164 valence electrons. The predicted molar refractivity (Wildman–Crippen MR) is 116 cm³/mol. The number of benzene rings is 2. The highest BCUT2D eigenvalue weighted by molar-refractivity contribution is 6.37. The van der Waals surface area contributed by atoms with Crippen LogP contribution in [-0.4, -0.2) is 47.9 Å². The summed E-state index contributed by atoms with van der Waals surface area (Å²) >= 11 is 0. The van der Waals surface area contributed by atoms with E-state index in [1.165, 1.54) is 5.01 Å². The fourth-order valence-corrected chi connectivity index (χ4v) is 3.53. The summed E-state index contributed by atoms with van der Waals surface area (Å²) in [4.78, 5) is 36.4. The number of hydrogen-bond acceptors (Lipinski definition) is 7. The smallest absolute Gasteiger partial charge is 0.355 e. The van der Waals surface area contributed by atoms with Crippen molar-refractivity contribution in [3.63, 3.8) is 0 Å². The van der Waals surface area contributed by atoms with E-state index in [1.807, 2.05) is 54.6 Å². The van der Waals surface area contributed by atoms with Crippen LogP contribution in [0.2, 0.25) is 0 Å². The third-order valence-electron chi connectivity index (χ3n) is 5.24. The fourth-order valence-electron chi connectivity index (χ4n) is 3.53. The van der Waals surface area contributed by atoms with Crippen molar-refractivity contribution >= 4 is 29.2 Å². The molecule has 0 bridgehead atoms. The van der Waals surface area contributed by atoms with Gasteiger partial charge in [0.25, 0.3) is 5.91 Å². The van der Waals surface area contributed by atoms with Gasteiger partial charge in [0, 0.05) is 19.3 Å². The van der Waals surface area contributed by atoms with Crippen LogP contribution in [0.25, 0.3) is 0 Å². The van der Waals surface area contributed by atoms with Crippen LogP contribution in [0.5, 0.6) is 5.75 Å². The second-order valence-corrected chi connectivity index (χ2v) is 7.31. The number of rotatable bonds is 6. The summed E-state index contributed by atoms with van der Waals surface area (Å²) in [6.07, 6.45) is 0.848. The van der Waals surface area contributed by atoms with Gasteiger partial charge in [-0.1, -0.05) is 42.5 Å². The van der Waals surface area contributed by atoms with Crippen LogP contribution in [0.1, 0.15) is 36.4 Å². The van der Waals surface area contributed by atoms with Crippen LogP contribution in [-0.2, 0) is 19.1 Å². The second kappa shape index (κ2) is 9.42. The molecule has 1 atom stereocenters. The van der Waals surface area contributed by atoms with Gasteiger partial charge in [-0.25, -0.2) is 15.2 Å². The molecule has 9 nitrogen and oxygen atoms in total. The van der Waals surface area contributed by atoms with Gasteiger partial charge < -0.3 is 9.47 Å². The highest BCUT2D eigenvalue weighted by atomic mass is 16.5. The maximum absolute atomic E-state index is 13.0. The zero-order chi connectivity index (χ0) is 22.5. The van der Waals surface area contributed by atoms with Crippen molar-refractivity contribution in [2.45, 2.75) is 25.3 Å². The van der Waals surface area contributed by atoms with Gasteiger partial charge in [0.1, 0.15) is 11.5 Å². The molecule has 2 amide bonds. The Hall–Kier alpha value is -4.01. The summed E-state index contributed by atoms with van der Waals surface area (Å²) in [6, 6.07) is 16.7. The molecule has 0 fully saturated rings. The lowest BCUT2D eigenvalue weighted by molar-refractivity contribution is -0.148. The Balaban J connectivity index is 1.51. The quantitative estimate of drug-likeness (QED) is 0.701. The summed E-state index contributed by atoms with van der Waals surface area (Å²) in [5, 5.41) is 9.61. The van der Waals surface area contributed by atoms with E-state index in [-0.39, 0.29) is 30.5 Å². The topological polar surface area (TPSA) is 110 Å². The van der Waals surface area contributed by atoms with Crippen molar-refractivity contribution in [2.24, 2.45) is 10.2 Å². The molecule has 2 aromatic carbocycles. The molecule has 0 radical (unpaired) electrons. The first-order valence-electron chi connectivity index (χ1n) is 10.2. The average Bonchev–Trinajstić information content (AvgIpc) is 3.29. The molecule has 2 heterocycles. The summed E-state index contributed by atoms with van der Waals surface area (Å²) in [7, 11) is 1.59. The van der Waals surface area contributed by atoms with Crippen molar-refractivity contribution in [1.82, 2.24) is 10.4 Å². The zero-order valence-corrected chi connectivity index (χ0v) is 17.5. The van der Waals surface area contributed by atoms with Gasteiger partial charge in [0.05, 0.1) is 18.9 Å². The Bertz CT molecular complexity index is 1080. The van der Waals surface area contributed by atoms with Crippen molar-refractivity contribution in [2.75, 3.05) is 13.7 Å². The number of nitrogens with zero attached hydrogens (tertiary/aromatic N) is 3. The largest absolute Gasteiger partial charge is 0.497 e. The SMILES string of the molecule is COc1ccc(C2CC(c3ccccc3)=NN2C(=O)COC(=O)C2=NNC(=O)CC2)cc1. The number of methoxy groups -OCH3 is 1. The Morgan fingerprint density at radius 1 is 1.09 bits per heavy atom. The number of esters is 1. The van der Waals surface area contributed by atoms with Gasteiger partial charge >= 0.3 is 5.97 Å². The van der Waals surface area contributed by atoms with Gasteiger partial charge in [-0.2, -0.15) is 10.2 Å². The van der Waals surface area contributed by atoms with E-state index in [4.69, 9.17) is 9.47 Å². The van der Waals surface area contributed by atoms with Crippen LogP contribution in [0, 0.1) is 0 Å². The molecule has 4 rings (SSSR count). The summed E-state index contributed by atoms with van der Waals surface area (Å²) < 4.78 is 10.4. The lowest BCUT2D eigenvalue weighted by Crippen LogP contribution is -2.34. The van der Waals surface area contributed by atoms with Gasteiger partial charge in [0.15, 0.2) is 6.61 Å². The standard InChI is InChI=1S/C23H22N4O5/c1-31-17-9-7-16(8-10-17)20-13-19(15-5-3-2-4-6-15)26-27(20)22(29)14-32-23(30)18-11-12-21(28)25-24-18/h2-10,20H,11-14H2,1H3,(H,25,28). The Labute approximate surface area is 184 Å². The number of amides is 2. The Morgan fingerprint density at radius 2 is 1.84 bits per heavy atom. The predicted octanol–water partition coefficient (Wildman–Crippen LogP) is 2.18. The molecule has 1 N–H and O–H groups in total. The highest BCUT2D eigenvalue weighted by Gasteiger charge is 2.34. The first-order valence-corrected chi connectivity index (χ1v) is 10.2. The molecule has 0 aromatic heterocycles. The maximum Gasteiger partial charge on any atom is 0.355 e. The number of carbonyl (C=O) groups is 3. The highest BCUT2D eigenvalue weighted by Crippen LogP contribution is 2.33. The third kappa shape index (κ3) is 4.66. The van der Waals surface area contributed by atoms with Crippen LogP contribution in [0.3, 0.4) is 0 Å². The van der Waals surface area contributed by atoms with E-state index in [2.05, 4.69) is 15.6 Å². The van der Waals surface area contributed by atoms with E-state index in [1.54, 1.807) is 7.11 Å². The lowest BCUT2D eigenvalue weighted by Gasteiger charge is -2.22. The van der Waals surface area contributed by atoms with E-state index in [9.17, 15) is 14.4 Å². The first kappa shape index (κ1) is 21.2. The van der Waals surface area contributed by atoms with Crippen LogP contribution in [0.4, 0.5) is 0 Å². The average molecular weight is 434 g/mol. The molecule has 2 aliphatic rings. The molecular weight excluding hydrogens is 412 g/mol. The number of ether oxygens (including phenoxy) is 2. The monoisotopic (exact) mass is 434 g/mol. The molecule has 0 saturated carbocycles. The molecule has 9 heteroatoms. The molecule has 0 saturated heterocycles. The van der Waals surface area contributed by atoms with Crippen LogP contribution in [0.15, 0.2) is 64.8 Å². The number of hydrazone groups is 2. The van der Waals surface area contributed by atoms with Gasteiger partial charge in [0.2, 0.25) is 5.91 Å².